The second-order valence-electron chi connectivity index (χ2n) is 5.88. The number of hydrogen-bond donors (Lipinski definition) is 2. The van der Waals surface area contributed by atoms with E-state index in [1.807, 2.05) is 19.1 Å². The highest BCUT2D eigenvalue weighted by atomic mass is 35.5. The zero-order valence-corrected chi connectivity index (χ0v) is 15.3. The Bertz CT molecular complexity index is 908. The van der Waals surface area contributed by atoms with Crippen LogP contribution >= 0.6 is 11.6 Å². The SMILES string of the molecule is CCc1ccc(Nc2cnc(C(=O)Nc3ccc(Cl)cc3C)cn2)cc1. The van der Waals surface area contributed by atoms with Gasteiger partial charge in [-0.2, -0.15) is 0 Å². The fourth-order valence-electron chi connectivity index (χ4n) is 2.44. The van der Waals surface area contributed by atoms with Crippen molar-refractivity contribution >= 4 is 34.7 Å². The summed E-state index contributed by atoms with van der Waals surface area (Å²) < 4.78 is 0. The number of amides is 1. The number of rotatable bonds is 5. The molecule has 2 N–H and O–H groups in total. The van der Waals surface area contributed by atoms with Crippen LogP contribution in [0.5, 0.6) is 0 Å². The second kappa shape index (κ2) is 7.97. The molecule has 0 saturated heterocycles. The highest BCUT2D eigenvalue weighted by Gasteiger charge is 2.10. The summed E-state index contributed by atoms with van der Waals surface area (Å²) in [6.45, 7) is 3.99. The Hall–Kier alpha value is -2.92. The van der Waals surface area contributed by atoms with Crippen LogP contribution in [0.3, 0.4) is 0 Å². The Morgan fingerprint density at radius 3 is 2.46 bits per heavy atom. The van der Waals surface area contributed by atoms with Crippen molar-refractivity contribution in [2.45, 2.75) is 20.3 Å². The van der Waals surface area contributed by atoms with Crippen molar-refractivity contribution in [1.82, 2.24) is 9.97 Å². The molecule has 0 atom stereocenters. The molecule has 6 heteroatoms. The van der Waals surface area contributed by atoms with Gasteiger partial charge >= 0.3 is 0 Å². The molecule has 0 saturated carbocycles. The summed E-state index contributed by atoms with van der Waals surface area (Å²) in [5.41, 5.74) is 4.01. The van der Waals surface area contributed by atoms with Gasteiger partial charge in [-0.25, -0.2) is 9.97 Å². The molecule has 3 aromatic rings. The van der Waals surface area contributed by atoms with E-state index in [9.17, 15) is 4.79 Å². The highest BCUT2D eigenvalue weighted by Crippen LogP contribution is 2.20. The standard InChI is InChI=1S/C20H19ClN4O/c1-3-14-4-7-16(8-5-14)24-19-12-22-18(11-23-19)20(26)25-17-9-6-15(21)10-13(17)2/h4-12H,3H2,1-2H3,(H,23,24)(H,25,26). The number of carbonyl (C=O) groups excluding carboxylic acids is 1. The van der Waals surface area contributed by atoms with Gasteiger partial charge in [-0.3, -0.25) is 4.79 Å². The number of carbonyl (C=O) groups is 1. The van der Waals surface area contributed by atoms with E-state index in [0.717, 1.165) is 17.7 Å². The van der Waals surface area contributed by atoms with Gasteiger partial charge in [0.25, 0.3) is 5.91 Å². The molecule has 0 aliphatic carbocycles. The normalized spacial score (nSPS) is 10.4. The summed E-state index contributed by atoms with van der Waals surface area (Å²) in [6, 6.07) is 13.4. The van der Waals surface area contributed by atoms with Crippen LogP contribution in [0.25, 0.3) is 0 Å². The lowest BCUT2D eigenvalue weighted by Gasteiger charge is -2.09. The first-order valence-electron chi connectivity index (χ1n) is 8.30. The third-order valence-corrected chi connectivity index (χ3v) is 4.19. The molecule has 0 radical (unpaired) electrons. The van der Waals surface area contributed by atoms with E-state index >= 15 is 0 Å². The lowest BCUT2D eigenvalue weighted by molar-refractivity contribution is 0.102. The molecule has 1 amide bonds. The molecule has 132 valence electrons. The zero-order valence-electron chi connectivity index (χ0n) is 14.6. The van der Waals surface area contributed by atoms with Gasteiger partial charge in [0.15, 0.2) is 0 Å². The minimum Gasteiger partial charge on any atom is -0.339 e. The van der Waals surface area contributed by atoms with Crippen LogP contribution in [0.15, 0.2) is 54.9 Å². The number of aryl methyl sites for hydroxylation is 2. The van der Waals surface area contributed by atoms with Crippen LogP contribution in [-0.2, 0) is 6.42 Å². The minimum absolute atomic E-state index is 0.242. The van der Waals surface area contributed by atoms with E-state index in [1.54, 1.807) is 18.2 Å². The smallest absolute Gasteiger partial charge is 0.275 e. The first-order chi connectivity index (χ1) is 12.5. The molecule has 3 rings (SSSR count). The first kappa shape index (κ1) is 17.9. The molecule has 2 aromatic carbocycles. The van der Waals surface area contributed by atoms with Crippen molar-refractivity contribution in [3.8, 4) is 0 Å². The van der Waals surface area contributed by atoms with Gasteiger partial charge in [-0.05, 0) is 54.8 Å². The van der Waals surface area contributed by atoms with Gasteiger partial charge in [0.05, 0.1) is 12.4 Å². The molecule has 0 unspecified atom stereocenters. The zero-order chi connectivity index (χ0) is 18.5. The van der Waals surface area contributed by atoms with Gasteiger partial charge < -0.3 is 10.6 Å². The molecular weight excluding hydrogens is 348 g/mol. The maximum atomic E-state index is 12.3. The van der Waals surface area contributed by atoms with Gasteiger partial charge in [0.2, 0.25) is 0 Å². The Morgan fingerprint density at radius 1 is 1.08 bits per heavy atom. The Kier molecular flexibility index (Phi) is 5.49. The first-order valence-corrected chi connectivity index (χ1v) is 8.68. The summed E-state index contributed by atoms with van der Waals surface area (Å²) in [7, 11) is 0. The van der Waals surface area contributed by atoms with Crippen molar-refractivity contribution in [2.75, 3.05) is 10.6 Å². The van der Waals surface area contributed by atoms with Crippen molar-refractivity contribution in [3.05, 3.63) is 76.7 Å². The molecule has 0 bridgehead atoms. The quantitative estimate of drug-likeness (QED) is 0.667. The second-order valence-corrected chi connectivity index (χ2v) is 6.31. The van der Waals surface area contributed by atoms with Gasteiger partial charge in [0.1, 0.15) is 11.5 Å². The highest BCUT2D eigenvalue weighted by molar-refractivity contribution is 6.30. The van der Waals surface area contributed by atoms with Gasteiger partial charge in [0, 0.05) is 16.4 Å². The summed E-state index contributed by atoms with van der Waals surface area (Å²) in [4.78, 5) is 20.8. The fourth-order valence-corrected chi connectivity index (χ4v) is 2.66. The number of anilines is 3. The Morgan fingerprint density at radius 2 is 1.85 bits per heavy atom. The molecule has 1 aromatic heterocycles. The molecular formula is C20H19ClN4O. The number of aromatic nitrogens is 2. The third-order valence-electron chi connectivity index (χ3n) is 3.96. The van der Waals surface area contributed by atoms with E-state index in [-0.39, 0.29) is 11.6 Å². The van der Waals surface area contributed by atoms with Crippen molar-refractivity contribution in [1.29, 1.82) is 0 Å². The van der Waals surface area contributed by atoms with Crippen molar-refractivity contribution < 1.29 is 4.79 Å². The van der Waals surface area contributed by atoms with Crippen LogP contribution in [0.4, 0.5) is 17.2 Å². The summed E-state index contributed by atoms with van der Waals surface area (Å²) in [5, 5.41) is 6.61. The van der Waals surface area contributed by atoms with Crippen molar-refractivity contribution in [2.24, 2.45) is 0 Å². The van der Waals surface area contributed by atoms with E-state index in [2.05, 4.69) is 39.7 Å². The molecule has 1 heterocycles. The summed E-state index contributed by atoms with van der Waals surface area (Å²) in [6.07, 6.45) is 3.98. The molecule has 0 aliphatic rings. The maximum absolute atomic E-state index is 12.3. The lowest BCUT2D eigenvalue weighted by Crippen LogP contribution is -2.15. The molecule has 5 nitrogen and oxygen atoms in total. The Labute approximate surface area is 157 Å². The van der Waals surface area contributed by atoms with E-state index in [4.69, 9.17) is 11.6 Å². The number of benzene rings is 2. The number of nitrogens with one attached hydrogen (secondary N) is 2. The maximum Gasteiger partial charge on any atom is 0.275 e. The predicted octanol–water partition coefficient (Wildman–Crippen LogP) is 5.00. The number of halogens is 1. The van der Waals surface area contributed by atoms with Crippen LogP contribution in [0.2, 0.25) is 5.02 Å². The van der Waals surface area contributed by atoms with E-state index in [1.165, 1.54) is 18.0 Å². The predicted molar refractivity (Wildman–Crippen MR) is 105 cm³/mol. The average Bonchev–Trinajstić information content (AvgIpc) is 2.65. The van der Waals surface area contributed by atoms with E-state index in [0.29, 0.717) is 16.5 Å². The van der Waals surface area contributed by atoms with Gasteiger partial charge in [-0.1, -0.05) is 30.7 Å². The minimum atomic E-state index is -0.318. The number of hydrogen-bond acceptors (Lipinski definition) is 4. The Balaban J connectivity index is 1.67. The van der Waals surface area contributed by atoms with Gasteiger partial charge in [-0.15, -0.1) is 0 Å². The fraction of sp³-hybridized carbons (Fsp3) is 0.150. The molecule has 0 aliphatic heterocycles. The third kappa shape index (κ3) is 4.37. The van der Waals surface area contributed by atoms with Crippen LogP contribution in [-0.4, -0.2) is 15.9 Å². The van der Waals surface area contributed by atoms with E-state index < -0.39 is 0 Å². The number of nitrogens with zero attached hydrogens (tertiary/aromatic N) is 2. The monoisotopic (exact) mass is 366 g/mol. The lowest BCUT2D eigenvalue weighted by atomic mass is 10.1. The van der Waals surface area contributed by atoms with Crippen LogP contribution in [0.1, 0.15) is 28.5 Å². The van der Waals surface area contributed by atoms with Crippen LogP contribution < -0.4 is 10.6 Å². The summed E-state index contributed by atoms with van der Waals surface area (Å²) in [5.74, 6) is 0.259. The topological polar surface area (TPSA) is 66.9 Å². The molecule has 0 fully saturated rings. The van der Waals surface area contributed by atoms with Crippen LogP contribution in [0, 0.1) is 6.92 Å². The summed E-state index contributed by atoms with van der Waals surface area (Å²) >= 11 is 5.93. The van der Waals surface area contributed by atoms with Crippen molar-refractivity contribution in [3.63, 3.8) is 0 Å². The largest absolute Gasteiger partial charge is 0.339 e. The average molecular weight is 367 g/mol. The molecule has 0 spiro atoms. The molecule has 26 heavy (non-hydrogen) atoms.